The number of nitrogens with zero attached hydrogens (tertiary/aromatic N) is 2. The minimum absolute atomic E-state index is 0.564. The molecule has 0 saturated carbocycles. The van der Waals surface area contributed by atoms with Gasteiger partial charge in [0, 0.05) is 17.8 Å². The van der Waals surface area contributed by atoms with Crippen LogP contribution in [0.5, 0.6) is 0 Å². The summed E-state index contributed by atoms with van der Waals surface area (Å²) in [6, 6.07) is 5.91. The van der Waals surface area contributed by atoms with Gasteiger partial charge in [0.25, 0.3) is 0 Å². The van der Waals surface area contributed by atoms with Crippen LogP contribution in [0, 0.1) is 0 Å². The molecule has 0 amide bonds. The normalized spacial score (nSPS) is 16.7. The monoisotopic (exact) mass is 339 g/mol. The molecule has 1 fully saturated rings. The molecule has 3 rings (SSSR count). The lowest BCUT2D eigenvalue weighted by Crippen LogP contribution is -2.27. The first kappa shape index (κ1) is 13.2. The van der Waals surface area contributed by atoms with Gasteiger partial charge in [-0.3, -0.25) is 0 Å². The van der Waals surface area contributed by atoms with Crippen molar-refractivity contribution >= 4 is 27.5 Å². The Balaban J connectivity index is 2.01. The Morgan fingerprint density at radius 3 is 2.89 bits per heavy atom. The Bertz CT molecular complexity index is 576. The molecular weight excluding hydrogens is 326 g/mol. The minimum Gasteiger partial charge on any atom is -0.317 e. The molecular formula is C14H15BrClN3. The van der Waals surface area contributed by atoms with Crippen molar-refractivity contribution in [2.45, 2.75) is 18.8 Å². The second kappa shape index (κ2) is 5.65. The zero-order valence-corrected chi connectivity index (χ0v) is 12.8. The molecule has 3 nitrogen and oxygen atoms in total. The lowest BCUT2D eigenvalue weighted by atomic mass is 9.95. The van der Waals surface area contributed by atoms with E-state index in [9.17, 15) is 0 Å². The Labute approximate surface area is 126 Å². The van der Waals surface area contributed by atoms with Gasteiger partial charge in [-0.25, -0.2) is 4.98 Å². The number of imidazole rings is 1. The highest BCUT2D eigenvalue weighted by atomic mass is 79.9. The summed E-state index contributed by atoms with van der Waals surface area (Å²) in [5.41, 5.74) is 2.32. The van der Waals surface area contributed by atoms with Gasteiger partial charge in [0.2, 0.25) is 0 Å². The molecule has 5 heteroatoms. The number of nitrogens with one attached hydrogen (secondary N) is 1. The van der Waals surface area contributed by atoms with Gasteiger partial charge >= 0.3 is 0 Å². The Kier molecular flexibility index (Phi) is 3.91. The van der Waals surface area contributed by atoms with Gasteiger partial charge in [-0.1, -0.05) is 17.7 Å². The summed E-state index contributed by atoms with van der Waals surface area (Å²) in [5, 5.41) is 4.12. The van der Waals surface area contributed by atoms with E-state index in [-0.39, 0.29) is 0 Å². The molecule has 1 aromatic carbocycles. The number of benzene rings is 1. The summed E-state index contributed by atoms with van der Waals surface area (Å²) >= 11 is 9.75. The smallest absolute Gasteiger partial charge is 0.0994 e. The molecule has 100 valence electrons. The predicted octanol–water partition coefficient (Wildman–Crippen LogP) is 3.76. The molecule has 1 N–H and O–H groups in total. The van der Waals surface area contributed by atoms with E-state index < -0.39 is 0 Å². The van der Waals surface area contributed by atoms with Crippen molar-refractivity contribution in [3.05, 3.63) is 45.9 Å². The van der Waals surface area contributed by atoms with E-state index in [2.05, 4.69) is 36.9 Å². The average Bonchev–Trinajstić information content (AvgIpc) is 2.92. The topological polar surface area (TPSA) is 29.9 Å². The van der Waals surface area contributed by atoms with Crippen molar-refractivity contribution in [3.8, 4) is 5.69 Å². The van der Waals surface area contributed by atoms with E-state index in [1.807, 2.05) is 24.7 Å². The van der Waals surface area contributed by atoms with Crippen LogP contribution in [0.3, 0.4) is 0 Å². The van der Waals surface area contributed by atoms with Crippen molar-refractivity contribution in [2.75, 3.05) is 13.1 Å². The lowest BCUT2D eigenvalue weighted by molar-refractivity contribution is 0.449. The van der Waals surface area contributed by atoms with Gasteiger partial charge in [-0.2, -0.15) is 0 Å². The van der Waals surface area contributed by atoms with Crippen LogP contribution in [0.1, 0.15) is 24.5 Å². The zero-order chi connectivity index (χ0) is 13.2. The van der Waals surface area contributed by atoms with E-state index >= 15 is 0 Å². The number of rotatable bonds is 2. The van der Waals surface area contributed by atoms with Gasteiger partial charge in [0.1, 0.15) is 0 Å². The number of hydrogen-bond acceptors (Lipinski definition) is 2. The van der Waals surface area contributed by atoms with E-state index in [1.165, 1.54) is 5.69 Å². The molecule has 19 heavy (non-hydrogen) atoms. The minimum atomic E-state index is 0.564. The van der Waals surface area contributed by atoms with E-state index in [0.29, 0.717) is 5.92 Å². The fourth-order valence-corrected chi connectivity index (χ4v) is 3.23. The highest BCUT2D eigenvalue weighted by molar-refractivity contribution is 9.10. The fraction of sp³-hybridized carbons (Fsp3) is 0.357. The largest absolute Gasteiger partial charge is 0.317 e. The molecule has 1 aliphatic heterocycles. The maximum atomic E-state index is 6.18. The quantitative estimate of drug-likeness (QED) is 0.902. The third-order valence-electron chi connectivity index (χ3n) is 3.62. The van der Waals surface area contributed by atoms with Crippen LogP contribution >= 0.6 is 27.5 Å². The summed E-state index contributed by atoms with van der Waals surface area (Å²) in [5.74, 6) is 0.564. The van der Waals surface area contributed by atoms with Crippen LogP contribution in [0.4, 0.5) is 0 Å². The van der Waals surface area contributed by atoms with E-state index in [4.69, 9.17) is 11.6 Å². The number of hydrogen-bond donors (Lipinski definition) is 1. The van der Waals surface area contributed by atoms with Crippen LogP contribution in [-0.4, -0.2) is 22.6 Å². The van der Waals surface area contributed by atoms with Crippen molar-refractivity contribution < 1.29 is 0 Å². The van der Waals surface area contributed by atoms with Gasteiger partial charge in [-0.15, -0.1) is 0 Å². The third-order valence-corrected chi connectivity index (χ3v) is 4.99. The molecule has 1 aromatic heterocycles. The molecule has 1 aliphatic rings. The second-order valence-electron chi connectivity index (χ2n) is 4.79. The summed E-state index contributed by atoms with van der Waals surface area (Å²) in [7, 11) is 0. The number of halogens is 2. The zero-order valence-electron chi connectivity index (χ0n) is 10.4. The lowest BCUT2D eigenvalue weighted by Gasteiger charge is -2.24. The maximum absolute atomic E-state index is 6.18. The summed E-state index contributed by atoms with van der Waals surface area (Å²) in [6.45, 7) is 2.15. The molecule has 0 unspecified atom stereocenters. The average molecular weight is 341 g/mol. The Hall–Kier alpha value is -0.840. The van der Waals surface area contributed by atoms with Crippen molar-refractivity contribution in [2.24, 2.45) is 0 Å². The first-order valence-corrected chi connectivity index (χ1v) is 7.62. The van der Waals surface area contributed by atoms with Gasteiger partial charge < -0.3 is 9.88 Å². The third kappa shape index (κ3) is 2.57. The molecule has 0 radical (unpaired) electrons. The summed E-state index contributed by atoms with van der Waals surface area (Å²) < 4.78 is 3.07. The highest BCUT2D eigenvalue weighted by Crippen LogP contribution is 2.33. The number of aromatic nitrogens is 2. The first-order chi connectivity index (χ1) is 9.27. The van der Waals surface area contributed by atoms with Crippen LogP contribution in [0.25, 0.3) is 5.69 Å². The van der Waals surface area contributed by atoms with Crippen LogP contribution in [0.15, 0.2) is 35.2 Å². The van der Waals surface area contributed by atoms with Crippen molar-refractivity contribution in [3.63, 3.8) is 0 Å². The Morgan fingerprint density at radius 1 is 1.32 bits per heavy atom. The molecule has 0 atom stereocenters. The molecule has 1 saturated heterocycles. The van der Waals surface area contributed by atoms with Gasteiger partial charge in [0.15, 0.2) is 0 Å². The molecule has 2 heterocycles. The second-order valence-corrected chi connectivity index (χ2v) is 5.99. The van der Waals surface area contributed by atoms with Crippen LogP contribution in [-0.2, 0) is 0 Å². The molecule has 0 spiro atoms. The molecule has 0 bridgehead atoms. The standard InChI is InChI=1S/C14H15BrClN3/c15-14-11(16)2-1-3-12(14)19-9-18-8-13(19)10-4-6-17-7-5-10/h1-3,8-10,17H,4-7H2. The maximum Gasteiger partial charge on any atom is 0.0994 e. The van der Waals surface area contributed by atoms with Gasteiger partial charge in [0.05, 0.1) is 21.5 Å². The van der Waals surface area contributed by atoms with E-state index in [0.717, 1.165) is 41.1 Å². The van der Waals surface area contributed by atoms with Crippen molar-refractivity contribution in [1.29, 1.82) is 0 Å². The molecule has 2 aromatic rings. The number of piperidine rings is 1. The highest BCUT2D eigenvalue weighted by Gasteiger charge is 2.20. The van der Waals surface area contributed by atoms with Crippen molar-refractivity contribution in [1.82, 2.24) is 14.9 Å². The summed E-state index contributed by atoms with van der Waals surface area (Å²) in [6.07, 6.45) is 6.16. The first-order valence-electron chi connectivity index (χ1n) is 6.44. The molecule has 0 aliphatic carbocycles. The van der Waals surface area contributed by atoms with Crippen LogP contribution < -0.4 is 5.32 Å². The SMILES string of the molecule is Clc1cccc(-n2cncc2C2CCNCC2)c1Br. The fourth-order valence-electron chi connectivity index (χ4n) is 2.60. The Morgan fingerprint density at radius 2 is 2.11 bits per heavy atom. The predicted molar refractivity (Wildman–Crippen MR) is 81.1 cm³/mol. The summed E-state index contributed by atoms with van der Waals surface area (Å²) in [4.78, 5) is 4.32. The van der Waals surface area contributed by atoms with Crippen LogP contribution in [0.2, 0.25) is 5.02 Å². The van der Waals surface area contributed by atoms with Gasteiger partial charge in [-0.05, 0) is 54.0 Å². The van der Waals surface area contributed by atoms with E-state index in [1.54, 1.807) is 0 Å².